The molecule has 1 aromatic heterocycles. The van der Waals surface area contributed by atoms with Crippen molar-refractivity contribution in [3.8, 4) is 23.1 Å². The Hall–Kier alpha value is -3.24. The highest BCUT2D eigenvalue weighted by molar-refractivity contribution is 5.91. The third-order valence-electron chi connectivity index (χ3n) is 4.07. The molecule has 0 bridgehead atoms. The smallest absolute Gasteiger partial charge is 0.0618 e. The molecule has 1 heteroatoms. The van der Waals surface area contributed by atoms with Crippen LogP contribution in [0, 0.1) is 18.8 Å². The van der Waals surface area contributed by atoms with Gasteiger partial charge in [-0.15, -0.1) is 0 Å². The van der Waals surface area contributed by atoms with Crippen LogP contribution in [0.25, 0.3) is 22.2 Å². The van der Waals surface area contributed by atoms with Gasteiger partial charge in [0.05, 0.1) is 5.52 Å². The third-order valence-corrected chi connectivity index (χ3v) is 4.07. The Morgan fingerprint density at radius 3 is 2.21 bits per heavy atom. The van der Waals surface area contributed by atoms with E-state index in [4.69, 9.17) is 0 Å². The van der Waals surface area contributed by atoms with Crippen molar-refractivity contribution in [3.63, 3.8) is 0 Å². The molecular formula is C23H17N. The monoisotopic (exact) mass is 307 g/mol. The first kappa shape index (κ1) is 14.4. The number of hydrogen-bond donors (Lipinski definition) is 1. The zero-order valence-electron chi connectivity index (χ0n) is 13.5. The zero-order valence-corrected chi connectivity index (χ0v) is 13.5. The van der Waals surface area contributed by atoms with Gasteiger partial charge in [0.25, 0.3) is 0 Å². The number of aromatic amines is 1. The average Bonchev–Trinajstić information content (AvgIpc) is 3.05. The standard InChI is InChI=1S/C23H17N/c1-17-14-20(13-12-18-8-4-2-5-9-18)23-21(15-17)16-22(24-23)19-10-6-3-7-11-19/h2-11,14-16,24H,1H3. The summed E-state index contributed by atoms with van der Waals surface area (Å²) in [5.41, 5.74) is 6.70. The Kier molecular flexibility index (Phi) is 3.65. The summed E-state index contributed by atoms with van der Waals surface area (Å²) in [4.78, 5) is 3.54. The van der Waals surface area contributed by atoms with Gasteiger partial charge in [-0.2, -0.15) is 0 Å². The van der Waals surface area contributed by atoms with Crippen LogP contribution in [0.2, 0.25) is 0 Å². The number of nitrogens with one attached hydrogen (secondary N) is 1. The van der Waals surface area contributed by atoms with E-state index < -0.39 is 0 Å². The van der Waals surface area contributed by atoms with E-state index in [0.29, 0.717) is 0 Å². The van der Waals surface area contributed by atoms with Crippen molar-refractivity contribution in [2.24, 2.45) is 0 Å². The SMILES string of the molecule is Cc1cc(C#Cc2ccccc2)c2[nH]c(-c3ccccc3)cc2c1. The molecule has 24 heavy (non-hydrogen) atoms. The van der Waals surface area contributed by atoms with Gasteiger partial charge in [0.15, 0.2) is 0 Å². The Morgan fingerprint density at radius 1 is 0.750 bits per heavy atom. The first-order valence-corrected chi connectivity index (χ1v) is 8.05. The first-order valence-electron chi connectivity index (χ1n) is 8.05. The quantitative estimate of drug-likeness (QED) is 0.444. The molecule has 0 atom stereocenters. The van der Waals surface area contributed by atoms with Gasteiger partial charge in [-0.25, -0.2) is 0 Å². The van der Waals surface area contributed by atoms with E-state index in [1.54, 1.807) is 0 Å². The molecule has 0 aliphatic heterocycles. The lowest BCUT2D eigenvalue weighted by Gasteiger charge is -1.98. The zero-order chi connectivity index (χ0) is 16.4. The van der Waals surface area contributed by atoms with E-state index in [1.165, 1.54) is 16.5 Å². The highest BCUT2D eigenvalue weighted by Crippen LogP contribution is 2.27. The summed E-state index contributed by atoms with van der Waals surface area (Å²) < 4.78 is 0. The van der Waals surface area contributed by atoms with Crippen molar-refractivity contribution in [1.29, 1.82) is 0 Å². The van der Waals surface area contributed by atoms with Crippen molar-refractivity contribution in [2.75, 3.05) is 0 Å². The van der Waals surface area contributed by atoms with Crippen LogP contribution in [0.3, 0.4) is 0 Å². The second kappa shape index (κ2) is 6.10. The molecular weight excluding hydrogens is 290 g/mol. The molecule has 0 amide bonds. The molecule has 1 heterocycles. The molecule has 4 rings (SSSR count). The van der Waals surface area contributed by atoms with Crippen molar-refractivity contribution in [3.05, 3.63) is 95.6 Å². The highest BCUT2D eigenvalue weighted by atomic mass is 14.7. The predicted molar refractivity (Wildman–Crippen MR) is 101 cm³/mol. The summed E-state index contributed by atoms with van der Waals surface area (Å²) in [5.74, 6) is 6.59. The number of rotatable bonds is 1. The fraction of sp³-hybridized carbons (Fsp3) is 0.0435. The first-order chi connectivity index (χ1) is 11.8. The van der Waals surface area contributed by atoms with Gasteiger partial charge in [0.2, 0.25) is 0 Å². The molecule has 0 spiro atoms. The Balaban J connectivity index is 1.84. The second-order valence-corrected chi connectivity index (χ2v) is 5.94. The predicted octanol–water partition coefficient (Wildman–Crippen LogP) is 5.54. The molecule has 0 saturated heterocycles. The normalized spacial score (nSPS) is 10.4. The molecule has 0 aliphatic rings. The molecule has 1 nitrogen and oxygen atoms in total. The van der Waals surface area contributed by atoms with Crippen molar-refractivity contribution in [2.45, 2.75) is 6.92 Å². The largest absolute Gasteiger partial charge is 0.354 e. The summed E-state index contributed by atoms with van der Waals surface area (Å²) in [6.07, 6.45) is 0. The topological polar surface area (TPSA) is 15.8 Å². The van der Waals surface area contributed by atoms with Gasteiger partial charge in [0, 0.05) is 22.2 Å². The van der Waals surface area contributed by atoms with Gasteiger partial charge in [-0.05, 0) is 48.4 Å². The number of benzene rings is 3. The second-order valence-electron chi connectivity index (χ2n) is 5.94. The van der Waals surface area contributed by atoms with Crippen LogP contribution in [0.4, 0.5) is 0 Å². The molecule has 0 saturated carbocycles. The molecule has 1 N–H and O–H groups in total. The fourth-order valence-corrected chi connectivity index (χ4v) is 2.93. The maximum atomic E-state index is 3.54. The Bertz CT molecular complexity index is 1050. The molecule has 0 unspecified atom stereocenters. The summed E-state index contributed by atoms with van der Waals surface area (Å²) >= 11 is 0. The number of fused-ring (bicyclic) bond motifs is 1. The van der Waals surface area contributed by atoms with Crippen molar-refractivity contribution < 1.29 is 0 Å². The lowest BCUT2D eigenvalue weighted by molar-refractivity contribution is 1.43. The van der Waals surface area contributed by atoms with E-state index >= 15 is 0 Å². The van der Waals surface area contributed by atoms with Gasteiger partial charge in [-0.1, -0.05) is 60.4 Å². The van der Waals surface area contributed by atoms with E-state index in [1.807, 2.05) is 36.4 Å². The number of aromatic nitrogens is 1. The van der Waals surface area contributed by atoms with Crippen LogP contribution >= 0.6 is 0 Å². The molecule has 0 aliphatic carbocycles. The minimum absolute atomic E-state index is 1.03. The fourth-order valence-electron chi connectivity index (χ4n) is 2.93. The van der Waals surface area contributed by atoms with Gasteiger partial charge in [-0.3, -0.25) is 0 Å². The molecule has 0 fully saturated rings. The van der Waals surface area contributed by atoms with Gasteiger partial charge < -0.3 is 4.98 Å². The maximum absolute atomic E-state index is 3.54. The van der Waals surface area contributed by atoms with Gasteiger partial charge >= 0.3 is 0 Å². The lowest BCUT2D eigenvalue weighted by atomic mass is 10.1. The maximum Gasteiger partial charge on any atom is 0.0618 e. The number of H-pyrrole nitrogens is 1. The highest BCUT2D eigenvalue weighted by Gasteiger charge is 2.07. The Morgan fingerprint density at radius 2 is 1.46 bits per heavy atom. The summed E-state index contributed by atoms with van der Waals surface area (Å²) in [7, 11) is 0. The van der Waals surface area contributed by atoms with Crippen molar-refractivity contribution in [1.82, 2.24) is 4.98 Å². The Labute approximate surface area is 142 Å². The van der Waals surface area contributed by atoms with Crippen LogP contribution in [0.1, 0.15) is 16.7 Å². The average molecular weight is 307 g/mol. The minimum Gasteiger partial charge on any atom is -0.354 e. The van der Waals surface area contributed by atoms with E-state index in [0.717, 1.165) is 22.3 Å². The number of hydrogen-bond acceptors (Lipinski definition) is 0. The summed E-state index contributed by atoms with van der Waals surface area (Å²) in [5, 5.41) is 1.20. The molecule has 3 aromatic carbocycles. The van der Waals surface area contributed by atoms with E-state index in [9.17, 15) is 0 Å². The van der Waals surface area contributed by atoms with E-state index in [-0.39, 0.29) is 0 Å². The minimum atomic E-state index is 1.03. The molecule has 4 aromatic rings. The van der Waals surface area contributed by atoms with Crippen LogP contribution in [0.15, 0.2) is 78.9 Å². The molecule has 0 radical (unpaired) electrons. The van der Waals surface area contributed by atoms with E-state index in [2.05, 4.69) is 66.2 Å². The molecule has 114 valence electrons. The summed E-state index contributed by atoms with van der Waals surface area (Å²) in [6, 6.07) is 27.0. The number of aryl methyl sites for hydroxylation is 1. The third kappa shape index (κ3) is 2.83. The van der Waals surface area contributed by atoms with Crippen LogP contribution in [-0.2, 0) is 0 Å². The van der Waals surface area contributed by atoms with Crippen molar-refractivity contribution >= 4 is 10.9 Å². The van der Waals surface area contributed by atoms with Gasteiger partial charge in [0.1, 0.15) is 0 Å². The van der Waals surface area contributed by atoms with Crippen LogP contribution < -0.4 is 0 Å². The van der Waals surface area contributed by atoms with Crippen LogP contribution in [0.5, 0.6) is 0 Å². The van der Waals surface area contributed by atoms with Crippen LogP contribution in [-0.4, -0.2) is 4.98 Å². The lowest BCUT2D eigenvalue weighted by Crippen LogP contribution is -1.82. The summed E-state index contributed by atoms with van der Waals surface area (Å²) in [6.45, 7) is 2.11.